The van der Waals surface area contributed by atoms with Gasteiger partial charge in [0, 0.05) is 12.1 Å². The normalized spacial score (nSPS) is 11.7. The summed E-state index contributed by atoms with van der Waals surface area (Å²) in [4.78, 5) is 0. The molecule has 1 N–H and O–H groups in total. The van der Waals surface area contributed by atoms with Crippen LogP contribution in [0.3, 0.4) is 0 Å². The van der Waals surface area contributed by atoms with E-state index in [2.05, 4.69) is 44.1 Å². The zero-order valence-electron chi connectivity index (χ0n) is 10.5. The molecule has 0 aliphatic heterocycles. The van der Waals surface area contributed by atoms with Gasteiger partial charge in [-0.2, -0.15) is 0 Å². The van der Waals surface area contributed by atoms with Crippen LogP contribution in [0.1, 0.15) is 18.9 Å². The second-order valence-electron chi connectivity index (χ2n) is 3.91. The minimum absolute atomic E-state index is 0.246. The highest BCUT2D eigenvalue weighted by Gasteiger charge is 2.09. The van der Waals surface area contributed by atoms with Gasteiger partial charge < -0.3 is 10.1 Å². The summed E-state index contributed by atoms with van der Waals surface area (Å²) in [5.74, 6) is 0.718. The van der Waals surface area contributed by atoms with Crippen molar-refractivity contribution in [3.05, 3.63) is 37.2 Å². The van der Waals surface area contributed by atoms with Crippen LogP contribution in [-0.2, 0) is 6.54 Å². The molecular formula is C13H15Br2Cl2NO. The Kier molecular flexibility index (Phi) is 8.42. The molecule has 0 radical (unpaired) electrons. The standard InChI is InChI=1S/C13H15Br2Cl2NO/c1-2-3-18-7-9-4-11(14)13(12(15)5-9)19-8-10(17)6-16/h4-6,18H,2-3,7-8H2,1H3/b10-6-. The number of rotatable bonds is 7. The second-order valence-corrected chi connectivity index (χ2v) is 6.32. The third kappa shape index (κ3) is 6.05. The number of benzene rings is 1. The van der Waals surface area contributed by atoms with Crippen molar-refractivity contribution < 1.29 is 4.74 Å². The summed E-state index contributed by atoms with van der Waals surface area (Å²) in [6.45, 7) is 4.22. The number of nitrogens with one attached hydrogen (secondary N) is 1. The molecule has 0 amide bonds. The number of halogens is 4. The summed E-state index contributed by atoms with van der Waals surface area (Å²) in [6.07, 6.45) is 1.12. The second kappa shape index (κ2) is 9.24. The van der Waals surface area contributed by atoms with Crippen LogP contribution in [0.5, 0.6) is 5.75 Å². The molecule has 2 nitrogen and oxygen atoms in total. The van der Waals surface area contributed by atoms with E-state index in [9.17, 15) is 0 Å². The van der Waals surface area contributed by atoms with Gasteiger partial charge in [0.1, 0.15) is 12.4 Å². The topological polar surface area (TPSA) is 21.3 Å². The van der Waals surface area contributed by atoms with Gasteiger partial charge in [0.2, 0.25) is 0 Å². The van der Waals surface area contributed by atoms with Crippen molar-refractivity contribution in [1.82, 2.24) is 5.32 Å². The lowest BCUT2D eigenvalue weighted by Crippen LogP contribution is -2.13. The third-order valence-electron chi connectivity index (χ3n) is 2.29. The minimum Gasteiger partial charge on any atom is -0.486 e. The van der Waals surface area contributed by atoms with Gasteiger partial charge in [-0.3, -0.25) is 0 Å². The molecule has 0 unspecified atom stereocenters. The first kappa shape index (κ1) is 17.3. The SMILES string of the molecule is CCCNCc1cc(Br)c(OC/C(Cl)=C/Cl)c(Br)c1. The smallest absolute Gasteiger partial charge is 0.148 e. The van der Waals surface area contributed by atoms with Gasteiger partial charge in [0.25, 0.3) is 0 Å². The number of hydrogen-bond acceptors (Lipinski definition) is 2. The number of ether oxygens (including phenoxy) is 1. The van der Waals surface area contributed by atoms with Crippen molar-refractivity contribution in [2.24, 2.45) is 0 Å². The van der Waals surface area contributed by atoms with Crippen LogP contribution < -0.4 is 10.1 Å². The zero-order chi connectivity index (χ0) is 14.3. The Bertz CT molecular complexity index is 429. The van der Waals surface area contributed by atoms with Crippen LogP contribution in [0, 0.1) is 0 Å². The molecule has 0 fully saturated rings. The molecule has 0 heterocycles. The van der Waals surface area contributed by atoms with E-state index in [0.717, 1.165) is 34.2 Å². The molecule has 1 rings (SSSR count). The maximum absolute atomic E-state index is 5.80. The molecule has 0 spiro atoms. The summed E-state index contributed by atoms with van der Waals surface area (Å²) in [6, 6.07) is 4.06. The molecule has 0 saturated carbocycles. The van der Waals surface area contributed by atoms with E-state index in [0.29, 0.717) is 5.03 Å². The average Bonchev–Trinajstić information content (AvgIpc) is 2.37. The monoisotopic (exact) mass is 429 g/mol. The molecule has 0 aliphatic carbocycles. The molecule has 0 aliphatic rings. The van der Waals surface area contributed by atoms with E-state index >= 15 is 0 Å². The van der Waals surface area contributed by atoms with Gasteiger partial charge in [-0.1, -0.05) is 30.1 Å². The van der Waals surface area contributed by atoms with Crippen LogP contribution in [0.25, 0.3) is 0 Å². The van der Waals surface area contributed by atoms with E-state index < -0.39 is 0 Å². The lowest BCUT2D eigenvalue weighted by molar-refractivity contribution is 0.354. The maximum atomic E-state index is 5.80. The summed E-state index contributed by atoms with van der Waals surface area (Å²) in [5.41, 5.74) is 2.48. The molecule has 0 aromatic heterocycles. The Hall–Kier alpha value is 0.260. The summed E-state index contributed by atoms with van der Waals surface area (Å²) >= 11 is 18.3. The molecule has 106 valence electrons. The minimum atomic E-state index is 0.246. The predicted molar refractivity (Wildman–Crippen MR) is 89.1 cm³/mol. The van der Waals surface area contributed by atoms with Gasteiger partial charge in [-0.25, -0.2) is 0 Å². The quantitative estimate of drug-likeness (QED) is 0.583. The lowest BCUT2D eigenvalue weighted by Gasteiger charge is -2.12. The van der Waals surface area contributed by atoms with E-state index in [1.807, 2.05) is 12.1 Å². The summed E-state index contributed by atoms with van der Waals surface area (Å²) in [7, 11) is 0. The van der Waals surface area contributed by atoms with Crippen LogP contribution in [0.4, 0.5) is 0 Å². The maximum Gasteiger partial charge on any atom is 0.148 e. The van der Waals surface area contributed by atoms with E-state index in [1.54, 1.807) is 0 Å². The Balaban J connectivity index is 2.73. The van der Waals surface area contributed by atoms with Gasteiger partial charge in [0.15, 0.2) is 0 Å². The van der Waals surface area contributed by atoms with Gasteiger partial charge in [-0.15, -0.1) is 0 Å². The van der Waals surface area contributed by atoms with Crippen LogP contribution in [0.2, 0.25) is 0 Å². The molecule has 1 aromatic rings. The molecule has 1 aromatic carbocycles. The number of hydrogen-bond donors (Lipinski definition) is 1. The molecule has 0 bridgehead atoms. The van der Waals surface area contributed by atoms with Crippen molar-refractivity contribution in [3.63, 3.8) is 0 Å². The van der Waals surface area contributed by atoms with Crippen LogP contribution in [0.15, 0.2) is 31.6 Å². The Morgan fingerprint density at radius 3 is 2.53 bits per heavy atom. The first-order chi connectivity index (χ1) is 9.08. The first-order valence-electron chi connectivity index (χ1n) is 5.84. The Morgan fingerprint density at radius 2 is 2.00 bits per heavy atom. The summed E-state index contributed by atoms with van der Waals surface area (Å²) in [5, 5.41) is 3.81. The fraction of sp³-hybridized carbons (Fsp3) is 0.385. The Morgan fingerprint density at radius 1 is 1.37 bits per heavy atom. The Labute approximate surface area is 140 Å². The van der Waals surface area contributed by atoms with Crippen LogP contribution >= 0.6 is 55.1 Å². The predicted octanol–water partition coefficient (Wildman–Crippen LogP) is 5.41. The molecule has 6 heteroatoms. The van der Waals surface area contributed by atoms with E-state index in [-0.39, 0.29) is 6.61 Å². The van der Waals surface area contributed by atoms with E-state index in [4.69, 9.17) is 27.9 Å². The molecular weight excluding hydrogens is 417 g/mol. The molecule has 0 atom stereocenters. The average molecular weight is 432 g/mol. The lowest BCUT2D eigenvalue weighted by atomic mass is 10.2. The van der Waals surface area contributed by atoms with Crippen molar-refractivity contribution in [3.8, 4) is 5.75 Å². The van der Waals surface area contributed by atoms with Gasteiger partial charge in [-0.05, 0) is 62.5 Å². The molecule has 19 heavy (non-hydrogen) atoms. The fourth-order valence-electron chi connectivity index (χ4n) is 1.43. The highest BCUT2D eigenvalue weighted by molar-refractivity contribution is 9.11. The van der Waals surface area contributed by atoms with Gasteiger partial charge in [0.05, 0.1) is 14.0 Å². The summed E-state index contributed by atoms with van der Waals surface area (Å²) < 4.78 is 7.37. The van der Waals surface area contributed by atoms with Crippen molar-refractivity contribution in [2.75, 3.05) is 13.2 Å². The van der Waals surface area contributed by atoms with Crippen molar-refractivity contribution in [2.45, 2.75) is 19.9 Å². The highest BCUT2D eigenvalue weighted by atomic mass is 79.9. The fourth-order valence-corrected chi connectivity index (χ4v) is 3.06. The molecule has 0 saturated heterocycles. The largest absolute Gasteiger partial charge is 0.486 e. The van der Waals surface area contributed by atoms with Gasteiger partial charge >= 0.3 is 0 Å². The van der Waals surface area contributed by atoms with E-state index in [1.165, 1.54) is 11.1 Å². The first-order valence-corrected chi connectivity index (χ1v) is 8.24. The van der Waals surface area contributed by atoms with Crippen molar-refractivity contribution in [1.29, 1.82) is 0 Å². The van der Waals surface area contributed by atoms with Crippen molar-refractivity contribution >= 4 is 55.1 Å². The highest BCUT2D eigenvalue weighted by Crippen LogP contribution is 2.35. The van der Waals surface area contributed by atoms with Crippen LogP contribution in [-0.4, -0.2) is 13.2 Å². The zero-order valence-corrected chi connectivity index (χ0v) is 15.2. The third-order valence-corrected chi connectivity index (χ3v) is 4.06.